The van der Waals surface area contributed by atoms with Gasteiger partial charge in [-0.25, -0.2) is 0 Å². The summed E-state index contributed by atoms with van der Waals surface area (Å²) in [6.45, 7) is 14.6. The Hall–Kier alpha value is -1.59. The minimum Gasteiger partial charge on any atom is -0.496 e. The average Bonchev–Trinajstić information content (AvgIpc) is 2.62. The van der Waals surface area contributed by atoms with E-state index in [9.17, 15) is 4.79 Å². The van der Waals surface area contributed by atoms with Crippen molar-refractivity contribution in [2.24, 2.45) is 5.92 Å². The van der Waals surface area contributed by atoms with Gasteiger partial charge in [0.15, 0.2) is 6.54 Å². The molecule has 0 aromatic heterocycles. The zero-order chi connectivity index (χ0) is 19.8. The van der Waals surface area contributed by atoms with Crippen LogP contribution < -0.4 is 19.9 Å². The maximum Gasteiger partial charge on any atom is 0.275 e. The lowest BCUT2D eigenvalue weighted by atomic mass is 10.0. The van der Waals surface area contributed by atoms with Crippen LogP contribution in [0.3, 0.4) is 0 Å². The van der Waals surface area contributed by atoms with E-state index in [1.165, 1.54) is 22.4 Å². The Morgan fingerprint density at radius 1 is 1.11 bits per heavy atom. The summed E-state index contributed by atoms with van der Waals surface area (Å²) in [7, 11) is 1.74. The monoisotopic (exact) mass is 377 g/mol. The number of hydrogen-bond acceptors (Lipinski definition) is 2. The average molecular weight is 378 g/mol. The maximum absolute atomic E-state index is 12.3. The molecule has 1 saturated heterocycles. The van der Waals surface area contributed by atoms with Crippen LogP contribution in [0.2, 0.25) is 0 Å². The van der Waals surface area contributed by atoms with Crippen molar-refractivity contribution >= 4 is 5.91 Å². The number of quaternary nitrogens is 2. The Morgan fingerprint density at radius 2 is 1.78 bits per heavy atom. The first kappa shape index (κ1) is 21.7. The zero-order valence-electron chi connectivity index (χ0n) is 17.9. The number of ether oxygens (including phenoxy) is 1. The van der Waals surface area contributed by atoms with Crippen LogP contribution in [-0.2, 0) is 11.3 Å². The highest BCUT2D eigenvalue weighted by Crippen LogP contribution is 2.18. The number of nitrogens with one attached hydrogen (secondary N) is 3. The second-order valence-corrected chi connectivity index (χ2v) is 8.61. The topological polar surface area (TPSA) is 47.2 Å². The second-order valence-electron chi connectivity index (χ2n) is 8.61. The summed E-state index contributed by atoms with van der Waals surface area (Å²) in [6, 6.07) is 6.67. The van der Waals surface area contributed by atoms with Gasteiger partial charge in [-0.3, -0.25) is 4.79 Å². The lowest BCUT2D eigenvalue weighted by Crippen LogP contribution is -3.28. The van der Waals surface area contributed by atoms with E-state index in [2.05, 4.69) is 51.2 Å². The number of methoxy groups -OCH3 is 1. The third-order valence-corrected chi connectivity index (χ3v) is 5.54. The van der Waals surface area contributed by atoms with Gasteiger partial charge in [-0.05, 0) is 44.7 Å². The third-order valence-electron chi connectivity index (χ3n) is 5.54. The van der Waals surface area contributed by atoms with Crippen LogP contribution in [0.1, 0.15) is 44.7 Å². The van der Waals surface area contributed by atoms with Gasteiger partial charge in [-0.1, -0.05) is 25.5 Å². The predicted molar refractivity (Wildman–Crippen MR) is 109 cm³/mol. The van der Waals surface area contributed by atoms with Gasteiger partial charge in [0.1, 0.15) is 38.5 Å². The fourth-order valence-corrected chi connectivity index (χ4v) is 3.83. The molecule has 1 aromatic rings. The van der Waals surface area contributed by atoms with Crippen LogP contribution in [0.5, 0.6) is 5.75 Å². The fourth-order valence-electron chi connectivity index (χ4n) is 3.83. The standard InChI is InChI=1S/C22H37N3O2/c1-17(2)6-8-19(4)23-22(26)16-25-12-10-24(11-13-25)15-20-14-18(3)7-9-21(20)27-5/h7,9,14,17,19H,6,8,10-13,15-16H2,1-5H3,(H,23,26)/p+2/t19-/m0/s1. The molecule has 27 heavy (non-hydrogen) atoms. The Bertz CT molecular complexity index is 595. The lowest BCUT2D eigenvalue weighted by molar-refractivity contribution is -1.02. The molecule has 0 radical (unpaired) electrons. The number of rotatable bonds is 9. The van der Waals surface area contributed by atoms with Crippen LogP contribution in [0.25, 0.3) is 0 Å². The van der Waals surface area contributed by atoms with Crippen LogP contribution in [-0.4, -0.2) is 51.8 Å². The summed E-state index contributed by atoms with van der Waals surface area (Å²) in [5.74, 6) is 1.88. The molecule has 1 aliphatic rings. The van der Waals surface area contributed by atoms with Gasteiger partial charge >= 0.3 is 0 Å². The van der Waals surface area contributed by atoms with Gasteiger partial charge in [0.05, 0.1) is 7.11 Å². The molecule has 1 amide bonds. The molecule has 1 heterocycles. The molecule has 5 heteroatoms. The molecule has 152 valence electrons. The summed E-state index contributed by atoms with van der Waals surface area (Å²) in [5, 5.41) is 3.17. The highest BCUT2D eigenvalue weighted by molar-refractivity contribution is 5.77. The van der Waals surface area contributed by atoms with E-state index in [0.717, 1.165) is 44.9 Å². The Kier molecular flexibility index (Phi) is 8.58. The number of aryl methyl sites for hydroxylation is 1. The predicted octanol–water partition coefficient (Wildman–Crippen LogP) is 0.228. The smallest absolute Gasteiger partial charge is 0.275 e. The van der Waals surface area contributed by atoms with Gasteiger partial charge in [0, 0.05) is 11.6 Å². The van der Waals surface area contributed by atoms with E-state index < -0.39 is 0 Å². The molecule has 0 aliphatic carbocycles. The number of piperazine rings is 1. The Balaban J connectivity index is 1.74. The van der Waals surface area contributed by atoms with Crippen molar-refractivity contribution in [1.82, 2.24) is 5.32 Å². The van der Waals surface area contributed by atoms with Crippen LogP contribution in [0.15, 0.2) is 18.2 Å². The van der Waals surface area contributed by atoms with Crippen molar-refractivity contribution in [3.63, 3.8) is 0 Å². The van der Waals surface area contributed by atoms with E-state index in [1.807, 2.05) is 0 Å². The van der Waals surface area contributed by atoms with Gasteiger partial charge in [0.25, 0.3) is 5.91 Å². The Morgan fingerprint density at radius 3 is 2.41 bits per heavy atom. The molecule has 3 N–H and O–H groups in total. The molecule has 0 saturated carbocycles. The molecular weight excluding hydrogens is 338 g/mol. The van der Waals surface area contributed by atoms with Gasteiger partial charge < -0.3 is 19.9 Å². The molecule has 5 nitrogen and oxygen atoms in total. The quantitative estimate of drug-likeness (QED) is 0.577. The maximum atomic E-state index is 12.3. The summed E-state index contributed by atoms with van der Waals surface area (Å²) in [4.78, 5) is 15.3. The Labute approximate surface area is 165 Å². The summed E-state index contributed by atoms with van der Waals surface area (Å²) < 4.78 is 5.52. The molecule has 1 fully saturated rings. The van der Waals surface area contributed by atoms with E-state index in [0.29, 0.717) is 12.5 Å². The number of carbonyl (C=O) groups excluding carboxylic acids is 1. The summed E-state index contributed by atoms with van der Waals surface area (Å²) in [6.07, 6.45) is 2.23. The number of amides is 1. The highest BCUT2D eigenvalue weighted by Gasteiger charge is 2.26. The third kappa shape index (κ3) is 7.51. The SMILES string of the molecule is COc1ccc(C)cc1C[NH+]1CC[NH+](CC(=O)N[C@@H](C)CCC(C)C)CC1. The van der Waals surface area contributed by atoms with E-state index >= 15 is 0 Å². The van der Waals surface area contributed by atoms with Crippen molar-refractivity contribution in [2.45, 2.75) is 53.1 Å². The largest absolute Gasteiger partial charge is 0.496 e. The minimum absolute atomic E-state index is 0.199. The molecule has 2 rings (SSSR count). The van der Waals surface area contributed by atoms with Crippen LogP contribution in [0, 0.1) is 12.8 Å². The summed E-state index contributed by atoms with van der Waals surface area (Å²) >= 11 is 0. The van der Waals surface area contributed by atoms with Crippen LogP contribution >= 0.6 is 0 Å². The first-order valence-corrected chi connectivity index (χ1v) is 10.5. The molecule has 0 bridgehead atoms. The van der Waals surface area contributed by atoms with Gasteiger partial charge in [0.2, 0.25) is 0 Å². The molecule has 1 aromatic carbocycles. The van der Waals surface area contributed by atoms with Crippen molar-refractivity contribution < 1.29 is 19.3 Å². The van der Waals surface area contributed by atoms with Crippen molar-refractivity contribution in [3.05, 3.63) is 29.3 Å². The van der Waals surface area contributed by atoms with Gasteiger partial charge in [-0.15, -0.1) is 0 Å². The lowest BCUT2D eigenvalue weighted by Gasteiger charge is -2.30. The highest BCUT2D eigenvalue weighted by atomic mass is 16.5. The van der Waals surface area contributed by atoms with Crippen molar-refractivity contribution in [1.29, 1.82) is 0 Å². The second kappa shape index (κ2) is 10.7. The van der Waals surface area contributed by atoms with E-state index in [1.54, 1.807) is 12.0 Å². The molecule has 1 atom stereocenters. The van der Waals surface area contributed by atoms with Crippen molar-refractivity contribution in [2.75, 3.05) is 39.8 Å². The van der Waals surface area contributed by atoms with Crippen LogP contribution in [0.4, 0.5) is 0 Å². The normalized spacial score (nSPS) is 21.1. The molecule has 0 unspecified atom stereocenters. The minimum atomic E-state index is 0.199. The fraction of sp³-hybridized carbons (Fsp3) is 0.682. The number of benzene rings is 1. The summed E-state index contributed by atoms with van der Waals surface area (Å²) in [5.41, 5.74) is 2.56. The first-order chi connectivity index (χ1) is 12.9. The van der Waals surface area contributed by atoms with Gasteiger partial charge in [-0.2, -0.15) is 0 Å². The zero-order valence-corrected chi connectivity index (χ0v) is 17.9. The molecular formula is C22H39N3O2+2. The number of carbonyl (C=O) groups is 1. The molecule has 1 aliphatic heterocycles. The van der Waals surface area contributed by atoms with Crippen molar-refractivity contribution in [3.8, 4) is 5.75 Å². The van der Waals surface area contributed by atoms with E-state index in [4.69, 9.17) is 4.74 Å². The van der Waals surface area contributed by atoms with E-state index in [-0.39, 0.29) is 11.9 Å². The molecule has 0 spiro atoms. The number of hydrogen-bond donors (Lipinski definition) is 3. The first-order valence-electron chi connectivity index (χ1n) is 10.5.